The molecule has 0 aromatic heterocycles. The number of nitrogens with one attached hydrogen (secondary N) is 1. The fraction of sp³-hybridized carbons (Fsp3) is 0.429. The molecule has 0 amide bonds. The van der Waals surface area contributed by atoms with Gasteiger partial charge in [-0.2, -0.15) is 0 Å². The molecule has 4 nitrogen and oxygen atoms in total. The van der Waals surface area contributed by atoms with Gasteiger partial charge in [0.1, 0.15) is 17.7 Å². The van der Waals surface area contributed by atoms with Crippen LogP contribution in [0.3, 0.4) is 0 Å². The second kappa shape index (κ2) is 7.96. The molecule has 2 aromatic carbocycles. The third-order valence-electron chi connectivity index (χ3n) is 5.27. The molecule has 2 aliphatic rings. The van der Waals surface area contributed by atoms with Crippen LogP contribution in [0.25, 0.3) is 0 Å². The fourth-order valence-electron chi connectivity index (χ4n) is 3.75. The molecular weight excluding hydrogens is 329 g/mol. The normalized spacial score (nSPS) is 20.2. The third-order valence-corrected chi connectivity index (χ3v) is 5.27. The first-order chi connectivity index (χ1) is 12.8. The van der Waals surface area contributed by atoms with Crippen LogP contribution in [0.15, 0.2) is 48.5 Å². The number of nitrogens with zero attached hydrogens (tertiary/aromatic N) is 2. The van der Waals surface area contributed by atoms with Crippen LogP contribution in [0, 0.1) is 5.82 Å². The Kier molecular flexibility index (Phi) is 5.25. The quantitative estimate of drug-likeness (QED) is 0.887. The number of fused-ring (bicyclic) bond motifs is 1. The Morgan fingerprint density at radius 2 is 1.77 bits per heavy atom. The lowest BCUT2D eigenvalue weighted by atomic mass is 10.1. The van der Waals surface area contributed by atoms with Crippen molar-refractivity contribution in [3.8, 4) is 5.75 Å². The first-order valence-corrected chi connectivity index (χ1v) is 9.50. The van der Waals surface area contributed by atoms with Crippen molar-refractivity contribution in [3.63, 3.8) is 0 Å². The van der Waals surface area contributed by atoms with Crippen LogP contribution in [-0.2, 0) is 0 Å². The molecule has 0 bridgehead atoms. The first kappa shape index (κ1) is 17.2. The Bertz CT molecular complexity index is 713. The molecule has 2 aliphatic heterocycles. The van der Waals surface area contributed by atoms with Crippen molar-refractivity contribution in [2.75, 3.05) is 49.5 Å². The summed E-state index contributed by atoms with van der Waals surface area (Å²) < 4.78 is 19.1. The third kappa shape index (κ3) is 4.10. The molecule has 0 radical (unpaired) electrons. The van der Waals surface area contributed by atoms with Crippen LogP contribution in [0.1, 0.15) is 12.8 Å². The molecule has 2 aromatic rings. The summed E-state index contributed by atoms with van der Waals surface area (Å²) in [5.74, 6) is 0.797. The highest BCUT2D eigenvalue weighted by atomic mass is 19.1. The van der Waals surface area contributed by atoms with Crippen molar-refractivity contribution >= 4 is 11.4 Å². The summed E-state index contributed by atoms with van der Waals surface area (Å²) in [6, 6.07) is 15.0. The fourth-order valence-corrected chi connectivity index (χ4v) is 3.75. The largest absolute Gasteiger partial charge is 0.486 e. The van der Waals surface area contributed by atoms with Gasteiger partial charge < -0.3 is 15.0 Å². The van der Waals surface area contributed by atoms with Crippen molar-refractivity contribution in [1.82, 2.24) is 4.90 Å². The van der Waals surface area contributed by atoms with Gasteiger partial charge in [-0.3, -0.25) is 4.90 Å². The Balaban J connectivity index is 1.18. The van der Waals surface area contributed by atoms with E-state index in [0.717, 1.165) is 69.2 Å². The van der Waals surface area contributed by atoms with E-state index in [0.29, 0.717) is 0 Å². The van der Waals surface area contributed by atoms with Gasteiger partial charge >= 0.3 is 0 Å². The maximum Gasteiger partial charge on any atom is 0.142 e. The number of anilines is 2. The maximum atomic E-state index is 13.0. The smallest absolute Gasteiger partial charge is 0.142 e. The minimum absolute atomic E-state index is 0.172. The Labute approximate surface area is 154 Å². The van der Waals surface area contributed by atoms with Crippen molar-refractivity contribution in [2.45, 2.75) is 18.9 Å². The standard InChI is InChI=1S/C21H26FN3O/c22-17-7-9-18(10-8-17)25-14-12-24(13-15-25)11-3-4-19-16-23-20-5-1-2-6-21(20)26-19/h1-2,5-10,19,23H,3-4,11-16H2. The highest BCUT2D eigenvalue weighted by Crippen LogP contribution is 2.29. The van der Waals surface area contributed by atoms with E-state index in [2.05, 4.69) is 21.2 Å². The number of para-hydroxylation sites is 2. The minimum atomic E-state index is -0.172. The number of piperazine rings is 1. The van der Waals surface area contributed by atoms with Crippen molar-refractivity contribution in [1.29, 1.82) is 0 Å². The second-order valence-corrected chi connectivity index (χ2v) is 7.06. The van der Waals surface area contributed by atoms with Crippen LogP contribution >= 0.6 is 0 Å². The lowest BCUT2D eigenvalue weighted by Gasteiger charge is -2.36. The summed E-state index contributed by atoms with van der Waals surface area (Å²) in [6.45, 7) is 6.11. The van der Waals surface area contributed by atoms with E-state index in [-0.39, 0.29) is 11.9 Å². The van der Waals surface area contributed by atoms with Gasteiger partial charge in [-0.05, 0) is 55.8 Å². The van der Waals surface area contributed by atoms with Gasteiger partial charge in [0.2, 0.25) is 0 Å². The van der Waals surface area contributed by atoms with Crippen LogP contribution in [-0.4, -0.2) is 50.3 Å². The molecule has 0 saturated carbocycles. The van der Waals surface area contributed by atoms with E-state index in [1.165, 1.54) is 12.1 Å². The van der Waals surface area contributed by atoms with Gasteiger partial charge in [-0.25, -0.2) is 4.39 Å². The molecule has 1 atom stereocenters. The van der Waals surface area contributed by atoms with Crippen LogP contribution in [0.2, 0.25) is 0 Å². The average Bonchev–Trinajstić information content (AvgIpc) is 2.69. The number of rotatable bonds is 5. The summed E-state index contributed by atoms with van der Waals surface area (Å²) in [4.78, 5) is 4.85. The Morgan fingerprint density at radius 1 is 1.00 bits per heavy atom. The van der Waals surface area contributed by atoms with Gasteiger partial charge in [0.25, 0.3) is 0 Å². The molecule has 5 heteroatoms. The molecule has 26 heavy (non-hydrogen) atoms. The van der Waals surface area contributed by atoms with Gasteiger partial charge in [0.05, 0.1) is 12.2 Å². The van der Waals surface area contributed by atoms with E-state index < -0.39 is 0 Å². The summed E-state index contributed by atoms with van der Waals surface area (Å²) in [5.41, 5.74) is 2.21. The number of hydrogen-bond donors (Lipinski definition) is 1. The first-order valence-electron chi connectivity index (χ1n) is 9.50. The molecule has 1 saturated heterocycles. The molecule has 0 spiro atoms. The zero-order chi connectivity index (χ0) is 17.8. The molecular formula is C21H26FN3O. The molecule has 1 N–H and O–H groups in total. The Hall–Kier alpha value is -2.27. The van der Waals surface area contributed by atoms with Crippen LogP contribution in [0.4, 0.5) is 15.8 Å². The van der Waals surface area contributed by atoms with E-state index >= 15 is 0 Å². The minimum Gasteiger partial charge on any atom is -0.486 e. The van der Waals surface area contributed by atoms with Crippen molar-refractivity contribution in [2.24, 2.45) is 0 Å². The van der Waals surface area contributed by atoms with E-state index in [9.17, 15) is 4.39 Å². The van der Waals surface area contributed by atoms with Crippen molar-refractivity contribution < 1.29 is 9.13 Å². The Morgan fingerprint density at radius 3 is 2.58 bits per heavy atom. The summed E-state index contributed by atoms with van der Waals surface area (Å²) in [6.07, 6.45) is 2.47. The SMILES string of the molecule is Fc1ccc(N2CCN(CCCC3CNc4ccccc4O3)CC2)cc1. The summed E-state index contributed by atoms with van der Waals surface area (Å²) >= 11 is 0. The number of ether oxygens (including phenoxy) is 1. The van der Waals surface area contributed by atoms with Gasteiger partial charge in [0.15, 0.2) is 0 Å². The molecule has 4 rings (SSSR count). The van der Waals surface area contributed by atoms with Gasteiger partial charge in [0, 0.05) is 31.9 Å². The lowest BCUT2D eigenvalue weighted by Crippen LogP contribution is -2.46. The number of halogens is 1. The average molecular weight is 355 g/mol. The second-order valence-electron chi connectivity index (χ2n) is 7.06. The van der Waals surface area contributed by atoms with Crippen LogP contribution in [0.5, 0.6) is 5.75 Å². The monoisotopic (exact) mass is 355 g/mol. The predicted molar refractivity (Wildman–Crippen MR) is 104 cm³/mol. The maximum absolute atomic E-state index is 13.0. The molecule has 0 aliphatic carbocycles. The topological polar surface area (TPSA) is 27.7 Å². The van der Waals surface area contributed by atoms with Crippen LogP contribution < -0.4 is 15.0 Å². The van der Waals surface area contributed by atoms with Gasteiger partial charge in [-0.15, -0.1) is 0 Å². The highest BCUT2D eigenvalue weighted by Gasteiger charge is 2.20. The van der Waals surface area contributed by atoms with Crippen molar-refractivity contribution in [3.05, 3.63) is 54.3 Å². The molecule has 138 valence electrons. The lowest BCUT2D eigenvalue weighted by molar-refractivity contribution is 0.178. The summed E-state index contributed by atoms with van der Waals surface area (Å²) in [7, 11) is 0. The zero-order valence-electron chi connectivity index (χ0n) is 15.0. The van der Waals surface area contributed by atoms with E-state index in [1.54, 1.807) is 0 Å². The highest BCUT2D eigenvalue weighted by molar-refractivity contribution is 5.57. The molecule has 2 heterocycles. The predicted octanol–water partition coefficient (Wildman–Crippen LogP) is 3.60. The molecule has 1 fully saturated rings. The summed E-state index contributed by atoms with van der Waals surface area (Å²) in [5, 5.41) is 3.46. The van der Waals surface area contributed by atoms with E-state index in [1.807, 2.05) is 30.3 Å². The number of benzene rings is 2. The van der Waals surface area contributed by atoms with E-state index in [4.69, 9.17) is 4.74 Å². The number of hydrogen-bond acceptors (Lipinski definition) is 4. The molecule has 1 unspecified atom stereocenters. The van der Waals surface area contributed by atoms with Gasteiger partial charge in [-0.1, -0.05) is 12.1 Å². The zero-order valence-corrected chi connectivity index (χ0v) is 15.0.